The molecule has 3 atom stereocenters. The second-order valence-corrected chi connectivity index (χ2v) is 6.20. The van der Waals surface area contributed by atoms with Gasteiger partial charge in [0.25, 0.3) is 0 Å². The van der Waals surface area contributed by atoms with Gasteiger partial charge in [0, 0.05) is 18.6 Å². The lowest BCUT2D eigenvalue weighted by atomic mass is 9.78. The van der Waals surface area contributed by atoms with E-state index in [1.165, 1.54) is 57.9 Å². The van der Waals surface area contributed by atoms with Crippen LogP contribution in [0.1, 0.15) is 51.4 Å². The van der Waals surface area contributed by atoms with Crippen molar-refractivity contribution < 1.29 is 0 Å². The van der Waals surface area contributed by atoms with Gasteiger partial charge in [-0.3, -0.25) is 4.90 Å². The third-order valence-electron chi connectivity index (χ3n) is 5.36. The number of nitrogens with zero attached hydrogens (tertiary/aromatic N) is 1. The van der Waals surface area contributed by atoms with Crippen molar-refractivity contribution in [3.05, 3.63) is 0 Å². The van der Waals surface area contributed by atoms with E-state index in [4.69, 9.17) is 5.73 Å². The fraction of sp³-hybridized carbons (Fsp3) is 1.00. The van der Waals surface area contributed by atoms with Gasteiger partial charge in [0.15, 0.2) is 0 Å². The molecule has 2 heteroatoms. The van der Waals surface area contributed by atoms with Crippen molar-refractivity contribution in [2.45, 2.75) is 63.5 Å². The summed E-state index contributed by atoms with van der Waals surface area (Å²) < 4.78 is 0. The van der Waals surface area contributed by atoms with Crippen molar-refractivity contribution >= 4 is 0 Å². The summed E-state index contributed by atoms with van der Waals surface area (Å²) in [5.74, 6) is 1.94. The van der Waals surface area contributed by atoms with Gasteiger partial charge in [0.05, 0.1) is 0 Å². The molecule has 1 heterocycles. The van der Waals surface area contributed by atoms with Crippen LogP contribution in [-0.4, -0.2) is 30.1 Å². The summed E-state index contributed by atoms with van der Waals surface area (Å²) in [4.78, 5) is 2.88. The molecule has 0 aromatic heterocycles. The number of rotatable bonds is 3. The minimum atomic E-state index is 0.898. The third-order valence-corrected chi connectivity index (χ3v) is 5.36. The fourth-order valence-electron chi connectivity index (χ4n) is 4.52. The second kappa shape index (κ2) is 4.66. The molecule has 16 heavy (non-hydrogen) atoms. The van der Waals surface area contributed by atoms with E-state index in [0.717, 1.165) is 30.5 Å². The zero-order valence-electron chi connectivity index (χ0n) is 10.4. The second-order valence-electron chi connectivity index (χ2n) is 6.20. The molecule has 0 aromatic carbocycles. The minimum Gasteiger partial charge on any atom is -0.330 e. The maximum absolute atomic E-state index is 5.73. The highest BCUT2D eigenvalue weighted by Gasteiger charge is 2.42. The van der Waals surface area contributed by atoms with Crippen molar-refractivity contribution in [2.24, 2.45) is 17.6 Å². The average Bonchev–Trinajstić information content (AvgIpc) is 2.91. The van der Waals surface area contributed by atoms with Crippen LogP contribution in [0.25, 0.3) is 0 Å². The molecule has 2 aliphatic carbocycles. The summed E-state index contributed by atoms with van der Waals surface area (Å²) in [5, 5.41) is 0. The quantitative estimate of drug-likeness (QED) is 0.794. The monoisotopic (exact) mass is 222 g/mol. The molecule has 3 fully saturated rings. The largest absolute Gasteiger partial charge is 0.330 e. The molecule has 92 valence electrons. The van der Waals surface area contributed by atoms with Gasteiger partial charge in [-0.2, -0.15) is 0 Å². The van der Waals surface area contributed by atoms with Crippen LogP contribution in [0.4, 0.5) is 0 Å². The van der Waals surface area contributed by atoms with Gasteiger partial charge in [-0.15, -0.1) is 0 Å². The van der Waals surface area contributed by atoms with Crippen molar-refractivity contribution in [1.82, 2.24) is 4.90 Å². The number of fused-ring (bicyclic) bond motifs is 2. The van der Waals surface area contributed by atoms with Gasteiger partial charge in [-0.1, -0.05) is 12.8 Å². The van der Waals surface area contributed by atoms with E-state index in [9.17, 15) is 0 Å². The van der Waals surface area contributed by atoms with E-state index in [1.807, 2.05) is 0 Å². The fourth-order valence-corrected chi connectivity index (χ4v) is 4.52. The van der Waals surface area contributed by atoms with E-state index in [2.05, 4.69) is 4.90 Å². The summed E-state index contributed by atoms with van der Waals surface area (Å²) in [7, 11) is 0. The topological polar surface area (TPSA) is 29.3 Å². The number of hydrogen-bond acceptors (Lipinski definition) is 2. The molecule has 1 saturated heterocycles. The molecule has 1 aliphatic heterocycles. The normalized spacial score (nSPS) is 40.7. The molecule has 3 rings (SSSR count). The Morgan fingerprint density at radius 1 is 1.00 bits per heavy atom. The van der Waals surface area contributed by atoms with Crippen LogP contribution >= 0.6 is 0 Å². The molecular formula is C14H26N2. The van der Waals surface area contributed by atoms with E-state index < -0.39 is 0 Å². The standard InChI is InChI=1S/C14H26N2/c15-8-7-11-5-6-14-9-12(11)10-16(14)13-3-1-2-4-13/h11-14H,1-10,15H2. The SMILES string of the molecule is NCCC1CCC2CC1CN2C1CCCC1. The molecule has 0 spiro atoms. The Hall–Kier alpha value is -0.0800. The van der Waals surface area contributed by atoms with Gasteiger partial charge in [-0.05, 0) is 56.9 Å². The zero-order valence-corrected chi connectivity index (χ0v) is 10.4. The summed E-state index contributed by atoms with van der Waals surface area (Å²) in [5.41, 5.74) is 5.73. The Kier molecular flexibility index (Phi) is 3.21. The Balaban J connectivity index is 1.63. The first-order chi connectivity index (χ1) is 7.88. The van der Waals surface area contributed by atoms with Gasteiger partial charge in [0.2, 0.25) is 0 Å². The van der Waals surface area contributed by atoms with Crippen molar-refractivity contribution in [2.75, 3.05) is 13.1 Å². The molecule has 2 saturated carbocycles. The van der Waals surface area contributed by atoms with Crippen LogP contribution < -0.4 is 5.73 Å². The molecule has 3 unspecified atom stereocenters. The van der Waals surface area contributed by atoms with Crippen LogP contribution in [0.2, 0.25) is 0 Å². The van der Waals surface area contributed by atoms with Crippen LogP contribution in [-0.2, 0) is 0 Å². The first-order valence-corrected chi connectivity index (χ1v) is 7.34. The average molecular weight is 222 g/mol. The molecule has 3 aliphatic rings. The van der Waals surface area contributed by atoms with Crippen molar-refractivity contribution in [3.8, 4) is 0 Å². The summed E-state index contributed by atoms with van der Waals surface area (Å²) in [6.07, 6.45) is 11.6. The van der Waals surface area contributed by atoms with Gasteiger partial charge in [-0.25, -0.2) is 0 Å². The Morgan fingerprint density at radius 2 is 1.81 bits per heavy atom. The number of hydrogen-bond donors (Lipinski definition) is 1. The first kappa shape index (κ1) is 11.0. The van der Waals surface area contributed by atoms with E-state index in [-0.39, 0.29) is 0 Å². The number of likely N-dealkylation sites (tertiary alicyclic amines) is 1. The smallest absolute Gasteiger partial charge is 0.0102 e. The number of nitrogens with two attached hydrogens (primary N) is 1. The molecule has 0 amide bonds. The maximum atomic E-state index is 5.73. The molecular weight excluding hydrogens is 196 g/mol. The first-order valence-electron chi connectivity index (χ1n) is 7.34. The molecule has 0 aromatic rings. The van der Waals surface area contributed by atoms with Crippen molar-refractivity contribution in [1.29, 1.82) is 0 Å². The predicted octanol–water partition coefficient (Wildman–Crippen LogP) is 2.38. The van der Waals surface area contributed by atoms with Gasteiger partial charge < -0.3 is 5.73 Å². The summed E-state index contributed by atoms with van der Waals surface area (Å²) in [6, 6.07) is 1.90. The highest BCUT2D eigenvalue weighted by molar-refractivity contribution is 4.97. The lowest BCUT2D eigenvalue weighted by molar-refractivity contribution is 0.175. The van der Waals surface area contributed by atoms with Crippen LogP contribution in [0, 0.1) is 11.8 Å². The van der Waals surface area contributed by atoms with E-state index >= 15 is 0 Å². The Bertz CT molecular complexity index is 235. The van der Waals surface area contributed by atoms with E-state index in [0.29, 0.717) is 0 Å². The lowest BCUT2D eigenvalue weighted by Crippen LogP contribution is -2.37. The predicted molar refractivity (Wildman–Crippen MR) is 67.3 cm³/mol. The summed E-state index contributed by atoms with van der Waals surface area (Å²) >= 11 is 0. The highest BCUT2D eigenvalue weighted by Crippen LogP contribution is 2.43. The van der Waals surface area contributed by atoms with E-state index in [1.54, 1.807) is 0 Å². The van der Waals surface area contributed by atoms with Crippen molar-refractivity contribution in [3.63, 3.8) is 0 Å². The van der Waals surface area contributed by atoms with Crippen LogP contribution in [0.5, 0.6) is 0 Å². The van der Waals surface area contributed by atoms with Crippen LogP contribution in [0.3, 0.4) is 0 Å². The zero-order chi connectivity index (χ0) is 11.0. The molecule has 2 N–H and O–H groups in total. The van der Waals surface area contributed by atoms with Gasteiger partial charge >= 0.3 is 0 Å². The molecule has 2 nitrogen and oxygen atoms in total. The molecule has 2 bridgehead atoms. The maximum Gasteiger partial charge on any atom is 0.0102 e. The summed E-state index contributed by atoms with van der Waals surface area (Å²) in [6.45, 7) is 2.30. The Labute approximate surface area is 99.6 Å². The molecule has 0 radical (unpaired) electrons. The minimum absolute atomic E-state index is 0.898. The Morgan fingerprint density at radius 3 is 2.56 bits per heavy atom. The lowest BCUT2D eigenvalue weighted by Gasteiger charge is -2.31. The highest BCUT2D eigenvalue weighted by atomic mass is 15.2. The third kappa shape index (κ3) is 1.91. The van der Waals surface area contributed by atoms with Crippen LogP contribution in [0.15, 0.2) is 0 Å². The van der Waals surface area contributed by atoms with Gasteiger partial charge in [0.1, 0.15) is 0 Å².